The fourth-order valence-electron chi connectivity index (χ4n) is 3.52. The highest BCUT2D eigenvalue weighted by atomic mass is 16.3. The molecule has 21 heavy (non-hydrogen) atoms. The Hall–Kier alpha value is -2.02. The number of carbonyl (C=O) groups is 1. The molecule has 2 aliphatic carbocycles. The van der Waals surface area contributed by atoms with E-state index in [1.165, 1.54) is 0 Å². The molecule has 0 bridgehead atoms. The molecule has 4 heteroatoms. The third-order valence-corrected chi connectivity index (χ3v) is 4.77. The van der Waals surface area contributed by atoms with Gasteiger partial charge in [-0.2, -0.15) is 5.26 Å². The molecule has 1 fully saturated rings. The maximum Gasteiger partial charge on any atom is 0.256 e. The van der Waals surface area contributed by atoms with Crippen LogP contribution in [0.2, 0.25) is 0 Å². The number of rotatable bonds is 2. The molecular formula is C17H20N2O2. The van der Waals surface area contributed by atoms with Crippen molar-refractivity contribution in [1.82, 2.24) is 5.32 Å². The maximum atomic E-state index is 12.4. The highest BCUT2D eigenvalue weighted by molar-refractivity contribution is 5.98. The second-order valence-electron chi connectivity index (χ2n) is 6.16. The summed E-state index contributed by atoms with van der Waals surface area (Å²) >= 11 is 0. The zero-order chi connectivity index (χ0) is 14.9. The van der Waals surface area contributed by atoms with Crippen LogP contribution in [0.3, 0.4) is 0 Å². The molecule has 2 aliphatic rings. The number of aryl methyl sites for hydroxylation is 1. The first kappa shape index (κ1) is 13.9. The van der Waals surface area contributed by atoms with E-state index in [-0.39, 0.29) is 11.7 Å². The van der Waals surface area contributed by atoms with Crippen LogP contribution in [0.4, 0.5) is 0 Å². The first-order valence-corrected chi connectivity index (χ1v) is 7.73. The molecule has 4 nitrogen and oxygen atoms in total. The summed E-state index contributed by atoms with van der Waals surface area (Å²) in [6.45, 7) is 0. The van der Waals surface area contributed by atoms with E-state index >= 15 is 0 Å². The molecule has 1 amide bonds. The van der Waals surface area contributed by atoms with Crippen LogP contribution < -0.4 is 5.32 Å². The van der Waals surface area contributed by atoms with Crippen molar-refractivity contribution in [3.63, 3.8) is 0 Å². The molecule has 1 aromatic rings. The predicted molar refractivity (Wildman–Crippen MR) is 79.0 cm³/mol. The van der Waals surface area contributed by atoms with Gasteiger partial charge in [-0.25, -0.2) is 0 Å². The molecule has 0 radical (unpaired) electrons. The molecule has 110 valence electrons. The van der Waals surface area contributed by atoms with Crippen LogP contribution in [-0.2, 0) is 12.8 Å². The maximum absolute atomic E-state index is 12.4. The van der Waals surface area contributed by atoms with Gasteiger partial charge in [-0.3, -0.25) is 4.79 Å². The van der Waals surface area contributed by atoms with Gasteiger partial charge < -0.3 is 10.4 Å². The number of carbonyl (C=O) groups excluding carboxylic acids is 1. The molecule has 1 saturated carbocycles. The van der Waals surface area contributed by atoms with Gasteiger partial charge in [0.1, 0.15) is 11.3 Å². The summed E-state index contributed by atoms with van der Waals surface area (Å²) in [6.07, 6.45) is 7.29. The summed E-state index contributed by atoms with van der Waals surface area (Å²) in [4.78, 5) is 12.4. The van der Waals surface area contributed by atoms with Crippen LogP contribution in [0.15, 0.2) is 12.1 Å². The zero-order valence-electron chi connectivity index (χ0n) is 12.1. The highest BCUT2D eigenvalue weighted by Gasteiger charge is 2.36. The number of hydrogen-bond donors (Lipinski definition) is 2. The number of amides is 1. The molecule has 0 unspecified atom stereocenters. The highest BCUT2D eigenvalue weighted by Crippen LogP contribution is 2.33. The van der Waals surface area contributed by atoms with Crippen LogP contribution in [0.25, 0.3) is 0 Å². The Bertz CT molecular complexity index is 610. The second-order valence-corrected chi connectivity index (χ2v) is 6.16. The lowest BCUT2D eigenvalue weighted by atomic mass is 9.89. The van der Waals surface area contributed by atoms with Gasteiger partial charge in [-0.1, -0.05) is 6.07 Å². The molecule has 3 rings (SSSR count). The van der Waals surface area contributed by atoms with Crippen molar-refractivity contribution in [2.45, 2.75) is 56.9 Å². The summed E-state index contributed by atoms with van der Waals surface area (Å²) in [6, 6.07) is 5.88. The summed E-state index contributed by atoms with van der Waals surface area (Å²) in [7, 11) is 0. The number of aromatic hydroxyl groups is 1. The first-order chi connectivity index (χ1) is 10.2. The van der Waals surface area contributed by atoms with Gasteiger partial charge in [-0.15, -0.1) is 0 Å². The van der Waals surface area contributed by atoms with Crippen molar-refractivity contribution < 1.29 is 9.90 Å². The molecule has 2 N–H and O–H groups in total. The van der Waals surface area contributed by atoms with Crippen LogP contribution >= 0.6 is 0 Å². The Labute approximate surface area is 124 Å². The van der Waals surface area contributed by atoms with E-state index < -0.39 is 5.54 Å². The van der Waals surface area contributed by atoms with E-state index in [1.54, 1.807) is 6.07 Å². The quantitative estimate of drug-likeness (QED) is 0.877. The molecule has 1 aromatic carbocycles. The monoisotopic (exact) mass is 284 g/mol. The molecule has 0 atom stereocenters. The third kappa shape index (κ3) is 2.49. The summed E-state index contributed by atoms with van der Waals surface area (Å²) in [5.41, 5.74) is 1.61. The van der Waals surface area contributed by atoms with E-state index in [0.717, 1.165) is 49.7 Å². The van der Waals surface area contributed by atoms with Gasteiger partial charge in [0.2, 0.25) is 0 Å². The predicted octanol–water partition coefficient (Wildman–Crippen LogP) is 2.84. The molecule has 0 aromatic heterocycles. The summed E-state index contributed by atoms with van der Waals surface area (Å²) in [5.74, 6) is -0.222. The Kier molecular flexibility index (Phi) is 3.59. The number of phenols is 1. The van der Waals surface area contributed by atoms with Gasteiger partial charge in [-0.05, 0) is 68.6 Å². The Morgan fingerprint density at radius 2 is 1.90 bits per heavy atom. The van der Waals surface area contributed by atoms with Crippen LogP contribution in [0.1, 0.15) is 60.0 Å². The zero-order valence-corrected chi connectivity index (χ0v) is 12.1. The van der Waals surface area contributed by atoms with E-state index in [2.05, 4.69) is 11.4 Å². The lowest BCUT2D eigenvalue weighted by Gasteiger charge is -2.23. The number of benzene rings is 1. The van der Waals surface area contributed by atoms with Crippen molar-refractivity contribution in [2.24, 2.45) is 0 Å². The smallest absolute Gasteiger partial charge is 0.256 e. The fourth-order valence-corrected chi connectivity index (χ4v) is 3.52. The van der Waals surface area contributed by atoms with E-state index in [4.69, 9.17) is 0 Å². The number of phenolic OH excluding ortho intramolecular Hbond substituents is 1. The minimum atomic E-state index is -0.751. The number of fused-ring (bicyclic) bond motifs is 1. The molecule has 0 aliphatic heterocycles. The SMILES string of the molecule is N#CC1(NC(=O)c2ccc3c(c2O)CCCC3)CCCC1. The van der Waals surface area contributed by atoms with E-state index in [0.29, 0.717) is 18.4 Å². The minimum Gasteiger partial charge on any atom is -0.507 e. The van der Waals surface area contributed by atoms with Crippen molar-refractivity contribution >= 4 is 5.91 Å². The van der Waals surface area contributed by atoms with Crippen molar-refractivity contribution in [3.05, 3.63) is 28.8 Å². The van der Waals surface area contributed by atoms with Gasteiger partial charge in [0.25, 0.3) is 5.91 Å². The standard InChI is InChI=1S/C17H20N2O2/c18-11-17(9-3-4-10-17)19-16(21)14-8-7-12-5-1-2-6-13(12)15(14)20/h7-8,20H,1-6,9-10H2,(H,19,21). The molecule has 0 saturated heterocycles. The Morgan fingerprint density at radius 1 is 1.19 bits per heavy atom. The topological polar surface area (TPSA) is 73.1 Å². The Morgan fingerprint density at radius 3 is 2.62 bits per heavy atom. The van der Waals surface area contributed by atoms with Crippen molar-refractivity contribution in [3.8, 4) is 11.8 Å². The molecule has 0 spiro atoms. The van der Waals surface area contributed by atoms with Crippen LogP contribution in [0, 0.1) is 11.3 Å². The lowest BCUT2D eigenvalue weighted by molar-refractivity contribution is 0.0917. The molecular weight excluding hydrogens is 264 g/mol. The first-order valence-electron chi connectivity index (χ1n) is 7.73. The van der Waals surface area contributed by atoms with E-state index in [9.17, 15) is 15.2 Å². The van der Waals surface area contributed by atoms with Crippen LogP contribution in [-0.4, -0.2) is 16.6 Å². The van der Waals surface area contributed by atoms with E-state index in [1.807, 2.05) is 6.07 Å². The normalized spacial score (nSPS) is 19.6. The Balaban J connectivity index is 1.87. The van der Waals surface area contributed by atoms with Gasteiger partial charge in [0.05, 0.1) is 11.6 Å². The number of nitriles is 1. The second kappa shape index (κ2) is 5.40. The fraction of sp³-hybridized carbons (Fsp3) is 0.529. The lowest BCUT2D eigenvalue weighted by Crippen LogP contribution is -2.45. The van der Waals surface area contributed by atoms with Gasteiger partial charge in [0.15, 0.2) is 0 Å². The van der Waals surface area contributed by atoms with Crippen molar-refractivity contribution in [1.29, 1.82) is 5.26 Å². The largest absolute Gasteiger partial charge is 0.507 e. The average Bonchev–Trinajstić information content (AvgIpc) is 2.97. The number of nitrogens with zero attached hydrogens (tertiary/aromatic N) is 1. The average molecular weight is 284 g/mol. The van der Waals surface area contributed by atoms with Gasteiger partial charge >= 0.3 is 0 Å². The molecule has 0 heterocycles. The number of nitrogens with one attached hydrogen (secondary N) is 1. The van der Waals surface area contributed by atoms with Crippen molar-refractivity contribution in [2.75, 3.05) is 0 Å². The van der Waals surface area contributed by atoms with Gasteiger partial charge in [0, 0.05) is 0 Å². The summed E-state index contributed by atoms with van der Waals surface area (Å²) < 4.78 is 0. The summed E-state index contributed by atoms with van der Waals surface area (Å²) in [5, 5.41) is 22.6. The third-order valence-electron chi connectivity index (χ3n) is 4.77. The number of hydrogen-bond acceptors (Lipinski definition) is 3. The van der Waals surface area contributed by atoms with Crippen LogP contribution in [0.5, 0.6) is 5.75 Å². The minimum absolute atomic E-state index is 0.107.